The summed E-state index contributed by atoms with van der Waals surface area (Å²) in [6.07, 6.45) is 2.12. The third kappa shape index (κ3) is 1.82. The molecule has 0 aliphatic heterocycles. The van der Waals surface area contributed by atoms with Crippen molar-refractivity contribution >= 4 is 38.2 Å². The first-order valence-electron chi connectivity index (χ1n) is 6.56. The highest BCUT2D eigenvalue weighted by Gasteiger charge is 2.23. The molecule has 0 saturated heterocycles. The SMILES string of the molecule is O=C(NC1CC1)c1ccc2c(c1)[nH]c(=O)c1ccsc12. The van der Waals surface area contributed by atoms with Crippen LogP contribution >= 0.6 is 11.3 Å². The molecule has 0 unspecified atom stereocenters. The summed E-state index contributed by atoms with van der Waals surface area (Å²) in [4.78, 5) is 26.9. The number of thiophene rings is 1. The topological polar surface area (TPSA) is 62.0 Å². The summed E-state index contributed by atoms with van der Waals surface area (Å²) in [5.74, 6) is -0.0680. The molecule has 20 heavy (non-hydrogen) atoms. The summed E-state index contributed by atoms with van der Waals surface area (Å²) in [5, 5.41) is 6.55. The fourth-order valence-corrected chi connectivity index (χ4v) is 3.30. The second kappa shape index (κ2) is 4.18. The van der Waals surface area contributed by atoms with Crippen LogP contribution in [0.25, 0.3) is 21.0 Å². The molecule has 1 aromatic carbocycles. The third-order valence-electron chi connectivity index (χ3n) is 3.60. The van der Waals surface area contributed by atoms with Crippen LogP contribution in [0.5, 0.6) is 0 Å². The number of nitrogens with one attached hydrogen (secondary N) is 2. The van der Waals surface area contributed by atoms with E-state index in [1.54, 1.807) is 17.4 Å². The van der Waals surface area contributed by atoms with Gasteiger partial charge >= 0.3 is 0 Å². The van der Waals surface area contributed by atoms with Crippen molar-refractivity contribution in [3.05, 3.63) is 45.6 Å². The molecule has 2 aromatic heterocycles. The van der Waals surface area contributed by atoms with E-state index in [0.29, 0.717) is 22.5 Å². The van der Waals surface area contributed by atoms with E-state index in [2.05, 4.69) is 10.3 Å². The minimum Gasteiger partial charge on any atom is -0.349 e. The van der Waals surface area contributed by atoms with Crippen LogP contribution in [0.3, 0.4) is 0 Å². The molecule has 3 aromatic rings. The number of pyridine rings is 1. The molecule has 5 heteroatoms. The number of benzene rings is 1. The van der Waals surface area contributed by atoms with Crippen molar-refractivity contribution in [3.63, 3.8) is 0 Å². The number of carbonyl (C=O) groups excluding carboxylic acids is 1. The van der Waals surface area contributed by atoms with E-state index >= 15 is 0 Å². The van der Waals surface area contributed by atoms with Crippen LogP contribution in [0.4, 0.5) is 0 Å². The van der Waals surface area contributed by atoms with Gasteiger partial charge in [0.05, 0.1) is 10.9 Å². The zero-order chi connectivity index (χ0) is 13.7. The molecule has 4 nitrogen and oxygen atoms in total. The lowest BCUT2D eigenvalue weighted by Crippen LogP contribution is -2.25. The van der Waals surface area contributed by atoms with Gasteiger partial charge in [-0.3, -0.25) is 9.59 Å². The van der Waals surface area contributed by atoms with Crippen molar-refractivity contribution in [3.8, 4) is 0 Å². The number of carbonyl (C=O) groups is 1. The quantitative estimate of drug-likeness (QED) is 0.760. The van der Waals surface area contributed by atoms with Crippen molar-refractivity contribution in [2.75, 3.05) is 0 Å². The summed E-state index contributed by atoms with van der Waals surface area (Å²) in [6, 6.07) is 7.64. The fraction of sp³-hybridized carbons (Fsp3) is 0.200. The average Bonchev–Trinajstić information content (AvgIpc) is 3.11. The molecule has 0 bridgehead atoms. The molecule has 1 aliphatic rings. The van der Waals surface area contributed by atoms with Gasteiger partial charge in [-0.15, -0.1) is 11.3 Å². The zero-order valence-electron chi connectivity index (χ0n) is 10.6. The molecule has 4 rings (SSSR count). The van der Waals surface area contributed by atoms with Gasteiger partial charge in [0.2, 0.25) is 0 Å². The maximum absolute atomic E-state index is 12.0. The summed E-state index contributed by atoms with van der Waals surface area (Å²) in [6.45, 7) is 0. The van der Waals surface area contributed by atoms with E-state index in [0.717, 1.165) is 22.9 Å². The van der Waals surface area contributed by atoms with Crippen LogP contribution in [-0.4, -0.2) is 16.9 Å². The molecular formula is C15H12N2O2S. The van der Waals surface area contributed by atoms with E-state index in [1.807, 2.05) is 23.6 Å². The Morgan fingerprint density at radius 3 is 2.90 bits per heavy atom. The van der Waals surface area contributed by atoms with Gasteiger partial charge in [-0.25, -0.2) is 0 Å². The van der Waals surface area contributed by atoms with Crippen molar-refractivity contribution in [1.82, 2.24) is 10.3 Å². The van der Waals surface area contributed by atoms with E-state index in [4.69, 9.17) is 0 Å². The van der Waals surface area contributed by atoms with Gasteiger partial charge in [0.1, 0.15) is 0 Å². The van der Waals surface area contributed by atoms with Crippen LogP contribution < -0.4 is 10.9 Å². The monoisotopic (exact) mass is 284 g/mol. The molecule has 100 valence electrons. The van der Waals surface area contributed by atoms with Crippen molar-refractivity contribution in [2.24, 2.45) is 0 Å². The highest BCUT2D eigenvalue weighted by molar-refractivity contribution is 7.18. The Balaban J connectivity index is 1.88. The maximum Gasteiger partial charge on any atom is 0.257 e. The van der Waals surface area contributed by atoms with Gasteiger partial charge in [0.25, 0.3) is 11.5 Å². The Bertz CT molecular complexity index is 890. The first-order chi connectivity index (χ1) is 9.72. The number of amides is 1. The minimum atomic E-state index is -0.103. The van der Waals surface area contributed by atoms with Gasteiger partial charge in [-0.2, -0.15) is 0 Å². The third-order valence-corrected chi connectivity index (χ3v) is 4.54. The Kier molecular flexibility index (Phi) is 2.44. The van der Waals surface area contributed by atoms with Gasteiger partial charge in [-0.1, -0.05) is 6.07 Å². The number of aromatic amines is 1. The van der Waals surface area contributed by atoms with E-state index in [9.17, 15) is 9.59 Å². The molecule has 1 aliphatic carbocycles. The molecule has 2 N–H and O–H groups in total. The summed E-state index contributed by atoms with van der Waals surface area (Å²) < 4.78 is 0.970. The Hall–Kier alpha value is -2.14. The Labute approximate surface area is 118 Å². The average molecular weight is 284 g/mol. The van der Waals surface area contributed by atoms with Crippen molar-refractivity contribution in [2.45, 2.75) is 18.9 Å². The van der Waals surface area contributed by atoms with Crippen LogP contribution in [0.15, 0.2) is 34.4 Å². The van der Waals surface area contributed by atoms with E-state index in [-0.39, 0.29) is 11.5 Å². The standard InChI is InChI=1S/C15H12N2O2S/c18-14(16-9-2-3-9)8-1-4-10-12(7-8)17-15(19)11-5-6-20-13(10)11/h1,4-7,9H,2-3H2,(H,16,18)(H,17,19). The van der Waals surface area contributed by atoms with Crippen molar-refractivity contribution in [1.29, 1.82) is 0 Å². The Morgan fingerprint density at radius 1 is 1.25 bits per heavy atom. The lowest BCUT2D eigenvalue weighted by molar-refractivity contribution is 0.0951. The molecule has 1 amide bonds. The lowest BCUT2D eigenvalue weighted by Gasteiger charge is -2.05. The van der Waals surface area contributed by atoms with Crippen LogP contribution in [0.2, 0.25) is 0 Å². The highest BCUT2D eigenvalue weighted by atomic mass is 32.1. The predicted octanol–water partition coefficient (Wildman–Crippen LogP) is 2.64. The van der Waals surface area contributed by atoms with Crippen molar-refractivity contribution < 1.29 is 4.79 Å². The fourth-order valence-electron chi connectivity index (χ4n) is 2.37. The molecule has 1 saturated carbocycles. The van der Waals surface area contributed by atoms with Crippen LogP contribution in [-0.2, 0) is 0 Å². The predicted molar refractivity (Wildman–Crippen MR) is 80.4 cm³/mol. The summed E-state index contributed by atoms with van der Waals surface area (Å²) >= 11 is 1.55. The number of H-pyrrole nitrogens is 1. The Morgan fingerprint density at radius 2 is 2.10 bits per heavy atom. The number of hydrogen-bond donors (Lipinski definition) is 2. The normalized spacial score (nSPS) is 14.8. The maximum atomic E-state index is 12.0. The summed E-state index contributed by atoms with van der Waals surface area (Å²) in [5.41, 5.74) is 1.21. The molecule has 1 fully saturated rings. The second-order valence-electron chi connectivity index (χ2n) is 5.13. The molecule has 0 radical (unpaired) electrons. The van der Waals surface area contributed by atoms with Crippen LogP contribution in [0, 0.1) is 0 Å². The zero-order valence-corrected chi connectivity index (χ0v) is 11.4. The number of hydrogen-bond acceptors (Lipinski definition) is 3. The molecule has 0 spiro atoms. The van der Waals surface area contributed by atoms with E-state index in [1.165, 1.54) is 0 Å². The molecular weight excluding hydrogens is 272 g/mol. The second-order valence-corrected chi connectivity index (χ2v) is 6.04. The van der Waals surface area contributed by atoms with Gasteiger partial charge < -0.3 is 10.3 Å². The van der Waals surface area contributed by atoms with Gasteiger partial charge in [-0.05, 0) is 36.4 Å². The first-order valence-corrected chi connectivity index (χ1v) is 7.44. The lowest BCUT2D eigenvalue weighted by atomic mass is 10.1. The van der Waals surface area contributed by atoms with E-state index < -0.39 is 0 Å². The number of aromatic nitrogens is 1. The number of rotatable bonds is 2. The molecule has 2 heterocycles. The van der Waals surface area contributed by atoms with Gasteiger partial charge in [0.15, 0.2) is 0 Å². The van der Waals surface area contributed by atoms with Crippen LogP contribution in [0.1, 0.15) is 23.2 Å². The molecule has 0 atom stereocenters. The smallest absolute Gasteiger partial charge is 0.257 e. The first kappa shape index (κ1) is 11.7. The largest absolute Gasteiger partial charge is 0.349 e. The minimum absolute atomic E-state index is 0.0680. The summed E-state index contributed by atoms with van der Waals surface area (Å²) in [7, 11) is 0. The highest BCUT2D eigenvalue weighted by Crippen LogP contribution is 2.27. The number of fused-ring (bicyclic) bond motifs is 3. The van der Waals surface area contributed by atoms with Gasteiger partial charge in [0, 0.05) is 21.7 Å².